The summed E-state index contributed by atoms with van der Waals surface area (Å²) in [7, 11) is 0. The number of aryl methyl sites for hydroxylation is 2. The van der Waals surface area contributed by atoms with Crippen LogP contribution in [0.1, 0.15) is 28.1 Å². The number of thiazole rings is 1. The van der Waals surface area contributed by atoms with Crippen LogP contribution >= 0.6 is 23.1 Å². The molecule has 0 fully saturated rings. The van der Waals surface area contributed by atoms with Crippen LogP contribution in [0.3, 0.4) is 0 Å². The van der Waals surface area contributed by atoms with E-state index in [0.29, 0.717) is 34.9 Å². The number of thioether (sulfide) groups is 1. The Bertz CT molecular complexity index is 1110. The number of hydrogen-bond donors (Lipinski definition) is 1. The highest BCUT2D eigenvalue weighted by molar-refractivity contribution is 7.98. The molecule has 3 aromatic rings. The SMILES string of the molecule is Cc1nc(-c2ccc(C(F)(F)F)cc2)sc1CSc1ccc2c(c1)CC[C@H](C(=O)O)O2. The van der Waals surface area contributed by atoms with Crippen LogP contribution in [-0.2, 0) is 23.1 Å². The summed E-state index contributed by atoms with van der Waals surface area (Å²) in [6, 6.07) is 10.8. The van der Waals surface area contributed by atoms with Crippen LogP contribution in [0.2, 0.25) is 0 Å². The molecular weight excluding hydrogens is 447 g/mol. The minimum atomic E-state index is -4.35. The summed E-state index contributed by atoms with van der Waals surface area (Å²) in [4.78, 5) is 17.7. The van der Waals surface area contributed by atoms with Crippen molar-refractivity contribution in [3.05, 3.63) is 64.2 Å². The smallest absolute Gasteiger partial charge is 0.416 e. The summed E-state index contributed by atoms with van der Waals surface area (Å²) < 4.78 is 43.8. The van der Waals surface area contributed by atoms with E-state index in [1.807, 2.05) is 19.1 Å². The Balaban J connectivity index is 1.44. The number of nitrogens with zero attached hydrogens (tertiary/aromatic N) is 1. The van der Waals surface area contributed by atoms with Crippen LogP contribution in [0.15, 0.2) is 47.4 Å². The molecule has 1 aromatic heterocycles. The van der Waals surface area contributed by atoms with Crippen molar-refractivity contribution >= 4 is 29.1 Å². The third-order valence-corrected chi connectivity index (χ3v) is 7.38. The summed E-state index contributed by atoms with van der Waals surface area (Å²) in [6.07, 6.45) is -4.05. The lowest BCUT2D eigenvalue weighted by Gasteiger charge is -2.23. The predicted molar refractivity (Wildman–Crippen MR) is 114 cm³/mol. The van der Waals surface area contributed by atoms with Crippen LogP contribution < -0.4 is 4.74 Å². The molecule has 0 unspecified atom stereocenters. The summed E-state index contributed by atoms with van der Waals surface area (Å²) in [5, 5.41) is 9.80. The fourth-order valence-electron chi connectivity index (χ4n) is 3.26. The number of fused-ring (bicyclic) bond motifs is 1. The molecule has 0 radical (unpaired) electrons. The average molecular weight is 466 g/mol. The van der Waals surface area contributed by atoms with Crippen LogP contribution in [0.25, 0.3) is 10.6 Å². The molecule has 2 aromatic carbocycles. The molecule has 0 saturated carbocycles. The molecule has 1 aliphatic rings. The minimum absolute atomic E-state index is 0.445. The van der Waals surface area contributed by atoms with Gasteiger partial charge in [0, 0.05) is 21.1 Å². The predicted octanol–water partition coefficient (Wildman–Crippen LogP) is 6.21. The molecule has 0 amide bonds. The zero-order chi connectivity index (χ0) is 22.2. The minimum Gasteiger partial charge on any atom is -0.479 e. The fraction of sp³-hybridized carbons (Fsp3) is 0.273. The first-order chi connectivity index (χ1) is 14.7. The maximum Gasteiger partial charge on any atom is 0.416 e. The molecule has 9 heteroatoms. The first kappa shape index (κ1) is 21.7. The Labute approximate surface area is 185 Å². The molecule has 2 heterocycles. The monoisotopic (exact) mass is 465 g/mol. The molecule has 4 rings (SSSR count). The molecule has 31 heavy (non-hydrogen) atoms. The van der Waals surface area contributed by atoms with E-state index in [2.05, 4.69) is 4.98 Å². The quantitative estimate of drug-likeness (QED) is 0.454. The Morgan fingerprint density at radius 1 is 1.26 bits per heavy atom. The van der Waals surface area contributed by atoms with Crippen molar-refractivity contribution in [1.29, 1.82) is 0 Å². The number of ether oxygens (including phenoxy) is 1. The van der Waals surface area contributed by atoms with Gasteiger partial charge in [0.25, 0.3) is 0 Å². The maximum atomic E-state index is 12.8. The van der Waals surface area contributed by atoms with Crippen molar-refractivity contribution in [2.75, 3.05) is 0 Å². The van der Waals surface area contributed by atoms with Crippen molar-refractivity contribution in [1.82, 2.24) is 4.98 Å². The van der Waals surface area contributed by atoms with Crippen molar-refractivity contribution in [2.24, 2.45) is 0 Å². The van der Waals surface area contributed by atoms with E-state index in [1.54, 1.807) is 17.8 Å². The Kier molecular flexibility index (Phi) is 5.98. The number of aliphatic carboxylic acids is 1. The Hall–Kier alpha value is -2.52. The van der Waals surface area contributed by atoms with E-state index in [0.717, 1.165) is 33.2 Å². The van der Waals surface area contributed by atoms with Gasteiger partial charge in [0.1, 0.15) is 10.8 Å². The second kappa shape index (κ2) is 8.55. The van der Waals surface area contributed by atoms with E-state index in [1.165, 1.54) is 23.5 Å². The van der Waals surface area contributed by atoms with Gasteiger partial charge in [0.15, 0.2) is 6.10 Å². The van der Waals surface area contributed by atoms with Gasteiger partial charge in [-0.05, 0) is 55.7 Å². The number of alkyl halides is 3. The van der Waals surface area contributed by atoms with Gasteiger partial charge in [0.05, 0.1) is 11.3 Å². The lowest BCUT2D eigenvalue weighted by atomic mass is 10.0. The third kappa shape index (κ3) is 4.88. The van der Waals surface area contributed by atoms with E-state index >= 15 is 0 Å². The zero-order valence-corrected chi connectivity index (χ0v) is 18.0. The van der Waals surface area contributed by atoms with Gasteiger partial charge >= 0.3 is 12.1 Å². The lowest BCUT2D eigenvalue weighted by molar-refractivity contribution is -0.145. The second-order valence-electron chi connectivity index (χ2n) is 7.14. The molecule has 0 aliphatic carbocycles. The molecule has 162 valence electrons. The van der Waals surface area contributed by atoms with Crippen molar-refractivity contribution in [2.45, 2.75) is 42.7 Å². The maximum absolute atomic E-state index is 12.8. The lowest BCUT2D eigenvalue weighted by Crippen LogP contribution is -2.30. The van der Waals surface area contributed by atoms with Crippen LogP contribution in [0.4, 0.5) is 13.2 Å². The van der Waals surface area contributed by atoms with Crippen LogP contribution in [0.5, 0.6) is 5.75 Å². The number of carbonyl (C=O) groups is 1. The number of carboxylic acids is 1. The summed E-state index contributed by atoms with van der Waals surface area (Å²) in [5.41, 5.74) is 1.84. The van der Waals surface area contributed by atoms with E-state index < -0.39 is 23.8 Å². The third-order valence-electron chi connectivity index (χ3n) is 4.97. The van der Waals surface area contributed by atoms with E-state index in [4.69, 9.17) is 9.84 Å². The molecule has 1 N–H and O–H groups in total. The fourth-order valence-corrected chi connectivity index (χ4v) is 5.44. The van der Waals surface area contributed by atoms with Gasteiger partial charge in [0.2, 0.25) is 0 Å². The van der Waals surface area contributed by atoms with Gasteiger partial charge in [-0.3, -0.25) is 0 Å². The highest BCUT2D eigenvalue weighted by Crippen LogP contribution is 2.37. The second-order valence-corrected chi connectivity index (χ2v) is 9.28. The Morgan fingerprint density at radius 3 is 2.68 bits per heavy atom. The standard InChI is InChI=1S/C22H18F3NO3S2/c1-12-19(31-20(26-12)13-2-5-15(6-3-13)22(23,24)25)11-30-16-7-9-17-14(10-16)4-8-18(29-17)21(27)28/h2-3,5-7,9-10,18H,4,8,11H2,1H3,(H,27,28)/t18-/m1/s1. The number of aromatic nitrogens is 1. The highest BCUT2D eigenvalue weighted by atomic mass is 32.2. The zero-order valence-electron chi connectivity index (χ0n) is 16.4. The van der Waals surface area contributed by atoms with Gasteiger partial charge in [-0.1, -0.05) is 12.1 Å². The van der Waals surface area contributed by atoms with Gasteiger partial charge < -0.3 is 9.84 Å². The number of rotatable bonds is 5. The average Bonchev–Trinajstić information content (AvgIpc) is 3.11. The number of hydrogen-bond acceptors (Lipinski definition) is 5. The molecule has 1 atom stereocenters. The van der Waals surface area contributed by atoms with Gasteiger partial charge in [-0.15, -0.1) is 23.1 Å². The van der Waals surface area contributed by atoms with E-state index in [-0.39, 0.29) is 0 Å². The van der Waals surface area contributed by atoms with Gasteiger partial charge in [-0.25, -0.2) is 9.78 Å². The first-order valence-electron chi connectivity index (χ1n) is 9.50. The molecule has 0 saturated heterocycles. The topological polar surface area (TPSA) is 59.4 Å². The van der Waals surface area contributed by atoms with Crippen molar-refractivity contribution in [3.8, 4) is 16.3 Å². The molecule has 1 aliphatic heterocycles. The van der Waals surface area contributed by atoms with Crippen molar-refractivity contribution < 1.29 is 27.8 Å². The number of halogens is 3. The van der Waals surface area contributed by atoms with Crippen LogP contribution in [-0.4, -0.2) is 22.2 Å². The molecular formula is C22H18F3NO3S2. The van der Waals surface area contributed by atoms with E-state index in [9.17, 15) is 18.0 Å². The Morgan fingerprint density at radius 2 is 2.00 bits per heavy atom. The van der Waals surface area contributed by atoms with Crippen molar-refractivity contribution in [3.63, 3.8) is 0 Å². The summed E-state index contributed by atoms with van der Waals surface area (Å²) in [5.74, 6) is 0.344. The molecule has 0 bridgehead atoms. The number of carboxylic acid groups (broad SMARTS) is 1. The molecule has 0 spiro atoms. The normalized spacial score (nSPS) is 15.9. The summed E-state index contributed by atoms with van der Waals surface area (Å²) in [6.45, 7) is 1.90. The number of benzene rings is 2. The largest absolute Gasteiger partial charge is 0.479 e. The summed E-state index contributed by atoms with van der Waals surface area (Å²) >= 11 is 3.11. The highest BCUT2D eigenvalue weighted by Gasteiger charge is 2.30. The molecule has 4 nitrogen and oxygen atoms in total. The van der Waals surface area contributed by atoms with Crippen LogP contribution in [0, 0.1) is 6.92 Å². The van der Waals surface area contributed by atoms with Gasteiger partial charge in [-0.2, -0.15) is 13.2 Å². The first-order valence-corrected chi connectivity index (χ1v) is 11.3.